The Kier molecular flexibility index (Phi) is 5.74. The number of halogens is 1. The normalized spacial score (nSPS) is 11.2. The predicted molar refractivity (Wildman–Crippen MR) is 106 cm³/mol. The Balaban J connectivity index is 2.05. The van der Waals surface area contributed by atoms with Crippen LogP contribution in [0.4, 0.5) is 0 Å². The summed E-state index contributed by atoms with van der Waals surface area (Å²) in [6.45, 7) is 2.47. The highest BCUT2D eigenvalue weighted by Gasteiger charge is 2.14. The van der Waals surface area contributed by atoms with Crippen LogP contribution in [0, 0.1) is 0 Å². The van der Waals surface area contributed by atoms with Crippen molar-refractivity contribution >= 4 is 39.1 Å². The number of amides is 1. The first-order valence-electron chi connectivity index (χ1n) is 8.52. The van der Waals surface area contributed by atoms with E-state index in [0.29, 0.717) is 35.6 Å². The molecule has 3 aromatic rings. The number of benzene rings is 1. The van der Waals surface area contributed by atoms with Crippen molar-refractivity contribution in [3.8, 4) is 0 Å². The minimum absolute atomic E-state index is 0.0625. The first-order valence-corrected chi connectivity index (χ1v) is 9.72. The highest BCUT2D eigenvalue weighted by Crippen LogP contribution is 2.23. The lowest BCUT2D eigenvalue weighted by Gasteiger charge is -2.12. The number of thiophene rings is 1. The van der Waals surface area contributed by atoms with Crippen molar-refractivity contribution in [3.05, 3.63) is 62.0 Å². The van der Waals surface area contributed by atoms with Crippen molar-refractivity contribution in [2.45, 2.75) is 39.2 Å². The van der Waals surface area contributed by atoms with E-state index < -0.39 is 0 Å². The maximum absolute atomic E-state index is 13.0. The van der Waals surface area contributed by atoms with E-state index in [2.05, 4.69) is 6.92 Å². The fourth-order valence-corrected chi connectivity index (χ4v) is 4.08. The number of aryl methyl sites for hydroxylation is 1. The molecular formula is C19H20ClN3O2S. The summed E-state index contributed by atoms with van der Waals surface area (Å²) < 4.78 is 1.67. The van der Waals surface area contributed by atoms with Gasteiger partial charge in [0, 0.05) is 29.3 Å². The van der Waals surface area contributed by atoms with Crippen LogP contribution in [0.25, 0.3) is 10.2 Å². The number of hydrogen-bond donors (Lipinski definition) is 1. The molecule has 2 aromatic heterocycles. The molecule has 136 valence electrons. The number of rotatable bonds is 7. The Morgan fingerprint density at radius 1 is 1.35 bits per heavy atom. The number of primary amides is 1. The summed E-state index contributed by atoms with van der Waals surface area (Å²) in [4.78, 5) is 30.7. The minimum Gasteiger partial charge on any atom is -0.370 e. The minimum atomic E-state index is -0.368. The van der Waals surface area contributed by atoms with Crippen LogP contribution in [-0.2, 0) is 24.2 Å². The molecule has 2 heterocycles. The summed E-state index contributed by atoms with van der Waals surface area (Å²) in [6.07, 6.45) is 2.12. The van der Waals surface area contributed by atoms with Gasteiger partial charge >= 0.3 is 0 Å². The number of aromatic nitrogens is 2. The lowest BCUT2D eigenvalue weighted by atomic mass is 10.1. The molecule has 0 fully saturated rings. The van der Waals surface area contributed by atoms with E-state index >= 15 is 0 Å². The SMILES string of the molecule is CCc1cc2c(=O)n(CCCC(N)=O)c(Cc3cccc(Cl)c3)nc2s1. The Morgan fingerprint density at radius 2 is 2.15 bits per heavy atom. The molecule has 1 aromatic carbocycles. The third kappa shape index (κ3) is 4.14. The van der Waals surface area contributed by atoms with E-state index in [1.165, 1.54) is 0 Å². The van der Waals surface area contributed by atoms with E-state index in [1.54, 1.807) is 15.9 Å². The molecule has 0 unspecified atom stereocenters. The Labute approximate surface area is 160 Å². The average molecular weight is 390 g/mol. The van der Waals surface area contributed by atoms with E-state index in [4.69, 9.17) is 22.3 Å². The third-order valence-corrected chi connectivity index (χ3v) is 5.59. The second-order valence-electron chi connectivity index (χ2n) is 6.15. The van der Waals surface area contributed by atoms with Crippen LogP contribution in [0.3, 0.4) is 0 Å². The maximum atomic E-state index is 13.0. The van der Waals surface area contributed by atoms with Crippen LogP contribution in [0.5, 0.6) is 0 Å². The monoisotopic (exact) mass is 389 g/mol. The lowest BCUT2D eigenvalue weighted by Crippen LogP contribution is -2.26. The Bertz CT molecular complexity index is 1010. The van der Waals surface area contributed by atoms with Gasteiger partial charge in [-0.25, -0.2) is 4.98 Å². The molecule has 0 radical (unpaired) electrons. The molecule has 5 nitrogen and oxygen atoms in total. The number of nitrogens with zero attached hydrogens (tertiary/aromatic N) is 2. The molecule has 0 aliphatic rings. The largest absolute Gasteiger partial charge is 0.370 e. The Hall–Kier alpha value is -2.18. The molecule has 0 aliphatic carbocycles. The van der Waals surface area contributed by atoms with Gasteiger partial charge in [0.1, 0.15) is 10.7 Å². The summed E-state index contributed by atoms with van der Waals surface area (Å²) >= 11 is 7.63. The van der Waals surface area contributed by atoms with Crippen molar-refractivity contribution < 1.29 is 4.79 Å². The zero-order valence-corrected chi connectivity index (χ0v) is 16.1. The summed E-state index contributed by atoms with van der Waals surface area (Å²) in [5, 5.41) is 1.29. The van der Waals surface area contributed by atoms with Crippen molar-refractivity contribution in [3.63, 3.8) is 0 Å². The molecular weight excluding hydrogens is 370 g/mol. The third-order valence-electron chi connectivity index (χ3n) is 4.19. The van der Waals surface area contributed by atoms with Crippen molar-refractivity contribution in [1.29, 1.82) is 0 Å². The molecule has 1 amide bonds. The molecule has 0 aliphatic heterocycles. The molecule has 0 atom stereocenters. The number of carbonyl (C=O) groups is 1. The van der Waals surface area contributed by atoms with E-state index in [1.807, 2.05) is 30.3 Å². The average Bonchev–Trinajstić information content (AvgIpc) is 3.01. The van der Waals surface area contributed by atoms with E-state index in [0.717, 1.165) is 21.7 Å². The number of fused-ring (bicyclic) bond motifs is 1. The fraction of sp³-hybridized carbons (Fsp3) is 0.316. The quantitative estimate of drug-likeness (QED) is 0.671. The molecule has 26 heavy (non-hydrogen) atoms. The standard InChI is InChI=1S/C19H20ClN3O2S/c1-2-14-11-15-18(26-14)22-17(10-12-5-3-6-13(20)9-12)23(19(15)25)8-4-7-16(21)24/h3,5-6,9,11H,2,4,7-8,10H2,1H3,(H2,21,24). The molecule has 0 saturated heterocycles. The molecule has 2 N–H and O–H groups in total. The van der Waals surface area contributed by atoms with Gasteiger partial charge in [-0.1, -0.05) is 30.7 Å². The van der Waals surface area contributed by atoms with Crippen molar-refractivity contribution in [2.75, 3.05) is 0 Å². The molecule has 3 rings (SSSR count). The van der Waals surface area contributed by atoms with Gasteiger partial charge in [-0.2, -0.15) is 0 Å². The Morgan fingerprint density at radius 3 is 2.85 bits per heavy atom. The van der Waals surface area contributed by atoms with Gasteiger partial charge in [-0.05, 0) is 36.6 Å². The van der Waals surface area contributed by atoms with Crippen molar-refractivity contribution in [2.24, 2.45) is 5.73 Å². The smallest absolute Gasteiger partial charge is 0.262 e. The summed E-state index contributed by atoms with van der Waals surface area (Å²) in [6, 6.07) is 9.45. The van der Waals surface area contributed by atoms with Crippen LogP contribution in [0.1, 0.15) is 36.0 Å². The first-order chi connectivity index (χ1) is 12.5. The zero-order valence-electron chi connectivity index (χ0n) is 14.5. The van der Waals surface area contributed by atoms with Gasteiger partial charge in [-0.3, -0.25) is 14.2 Å². The van der Waals surface area contributed by atoms with Crippen LogP contribution < -0.4 is 11.3 Å². The molecule has 7 heteroatoms. The second kappa shape index (κ2) is 8.01. The van der Waals surface area contributed by atoms with Crippen LogP contribution in [0.15, 0.2) is 35.1 Å². The van der Waals surface area contributed by atoms with Crippen LogP contribution in [-0.4, -0.2) is 15.5 Å². The summed E-state index contributed by atoms with van der Waals surface area (Å²) in [5.41, 5.74) is 6.15. The number of carbonyl (C=O) groups excluding carboxylic acids is 1. The predicted octanol–water partition coefficient (Wildman–Crippen LogP) is 3.53. The molecule has 0 saturated carbocycles. The summed E-state index contributed by atoms with van der Waals surface area (Å²) in [5.74, 6) is 0.311. The van der Waals surface area contributed by atoms with Gasteiger partial charge in [0.25, 0.3) is 5.56 Å². The van der Waals surface area contributed by atoms with Gasteiger partial charge in [0.15, 0.2) is 0 Å². The van der Waals surface area contributed by atoms with Crippen LogP contribution in [0.2, 0.25) is 5.02 Å². The number of hydrogen-bond acceptors (Lipinski definition) is 4. The molecule has 0 bridgehead atoms. The fourth-order valence-electron chi connectivity index (χ4n) is 2.89. The van der Waals surface area contributed by atoms with Gasteiger partial charge in [-0.15, -0.1) is 11.3 Å². The zero-order chi connectivity index (χ0) is 18.7. The molecule has 0 spiro atoms. The van der Waals surface area contributed by atoms with Gasteiger partial charge in [0.2, 0.25) is 5.91 Å². The lowest BCUT2D eigenvalue weighted by molar-refractivity contribution is -0.118. The second-order valence-corrected chi connectivity index (χ2v) is 7.70. The van der Waals surface area contributed by atoms with Gasteiger partial charge in [0.05, 0.1) is 5.39 Å². The highest BCUT2D eigenvalue weighted by atomic mass is 35.5. The number of nitrogens with two attached hydrogens (primary N) is 1. The first kappa shape index (κ1) is 18.6. The van der Waals surface area contributed by atoms with Gasteiger partial charge < -0.3 is 5.73 Å². The topological polar surface area (TPSA) is 78.0 Å². The van der Waals surface area contributed by atoms with Crippen molar-refractivity contribution in [1.82, 2.24) is 9.55 Å². The highest BCUT2D eigenvalue weighted by molar-refractivity contribution is 7.18. The van der Waals surface area contributed by atoms with E-state index in [-0.39, 0.29) is 17.9 Å². The maximum Gasteiger partial charge on any atom is 0.262 e. The van der Waals surface area contributed by atoms with Crippen LogP contribution >= 0.6 is 22.9 Å². The summed E-state index contributed by atoms with van der Waals surface area (Å²) in [7, 11) is 0. The van der Waals surface area contributed by atoms with E-state index in [9.17, 15) is 9.59 Å².